The molecule has 0 radical (unpaired) electrons. The Labute approximate surface area is 141 Å². The van der Waals surface area contributed by atoms with E-state index in [9.17, 15) is 14.4 Å². The van der Waals surface area contributed by atoms with E-state index in [0.717, 1.165) is 15.0 Å². The average molecular weight is 345 g/mol. The Balaban J connectivity index is 1.83. The molecule has 124 valence electrons. The summed E-state index contributed by atoms with van der Waals surface area (Å²) >= 11 is 1.38. The standard InChI is InChI=1S/C16H15N3O4S/c1-17-15(22)13-7-9-6-10(2-3-12(9)24-13)18-11-8-14(21)19(4-5-20)16(11)23/h2-3,6-8,18,20H,4-5H2,1H3,(H,17,22). The van der Waals surface area contributed by atoms with Crippen LogP contribution in [-0.4, -0.2) is 47.9 Å². The summed E-state index contributed by atoms with van der Waals surface area (Å²) in [5.41, 5.74) is 0.802. The van der Waals surface area contributed by atoms with Gasteiger partial charge in [-0.15, -0.1) is 11.3 Å². The van der Waals surface area contributed by atoms with Crippen molar-refractivity contribution in [2.24, 2.45) is 0 Å². The molecule has 2 heterocycles. The Bertz CT molecular complexity index is 871. The molecule has 1 aromatic carbocycles. The van der Waals surface area contributed by atoms with Crippen LogP contribution in [0.15, 0.2) is 36.0 Å². The highest BCUT2D eigenvalue weighted by Gasteiger charge is 2.30. The molecule has 1 aromatic heterocycles. The number of anilines is 1. The van der Waals surface area contributed by atoms with Crippen molar-refractivity contribution in [3.05, 3.63) is 40.9 Å². The first-order valence-corrected chi connectivity index (χ1v) is 8.06. The molecule has 2 aromatic rings. The predicted molar refractivity (Wildman–Crippen MR) is 90.7 cm³/mol. The minimum absolute atomic E-state index is 0.0294. The molecule has 0 aliphatic carbocycles. The van der Waals surface area contributed by atoms with Gasteiger partial charge in [0.2, 0.25) is 0 Å². The number of thiophene rings is 1. The van der Waals surface area contributed by atoms with Gasteiger partial charge in [0.25, 0.3) is 17.7 Å². The number of imide groups is 1. The largest absolute Gasteiger partial charge is 0.395 e. The Morgan fingerprint density at radius 1 is 1.29 bits per heavy atom. The van der Waals surface area contributed by atoms with Crippen molar-refractivity contribution in [3.63, 3.8) is 0 Å². The third-order valence-corrected chi connectivity index (χ3v) is 4.69. The first-order chi connectivity index (χ1) is 11.5. The van der Waals surface area contributed by atoms with Crippen molar-refractivity contribution in [2.75, 3.05) is 25.5 Å². The van der Waals surface area contributed by atoms with Crippen LogP contribution in [-0.2, 0) is 9.59 Å². The van der Waals surface area contributed by atoms with Gasteiger partial charge in [-0.25, -0.2) is 0 Å². The molecule has 0 spiro atoms. The number of aliphatic hydroxyl groups excluding tert-OH is 1. The van der Waals surface area contributed by atoms with Gasteiger partial charge in [0.15, 0.2) is 0 Å². The molecule has 8 heteroatoms. The van der Waals surface area contributed by atoms with E-state index in [1.165, 1.54) is 17.4 Å². The van der Waals surface area contributed by atoms with E-state index in [4.69, 9.17) is 5.11 Å². The Kier molecular flexibility index (Phi) is 4.32. The Morgan fingerprint density at radius 3 is 2.79 bits per heavy atom. The molecule has 3 amide bonds. The summed E-state index contributed by atoms with van der Waals surface area (Å²) in [5, 5.41) is 15.3. The lowest BCUT2D eigenvalue weighted by Crippen LogP contribution is -2.34. The van der Waals surface area contributed by atoms with Crippen molar-refractivity contribution < 1.29 is 19.5 Å². The van der Waals surface area contributed by atoms with E-state index in [0.29, 0.717) is 10.6 Å². The summed E-state index contributed by atoms with van der Waals surface area (Å²) in [7, 11) is 1.58. The van der Waals surface area contributed by atoms with Crippen LogP contribution < -0.4 is 10.6 Å². The van der Waals surface area contributed by atoms with Crippen molar-refractivity contribution in [2.45, 2.75) is 0 Å². The number of fused-ring (bicyclic) bond motifs is 1. The maximum absolute atomic E-state index is 12.1. The molecule has 7 nitrogen and oxygen atoms in total. The quantitative estimate of drug-likeness (QED) is 0.700. The highest BCUT2D eigenvalue weighted by Crippen LogP contribution is 2.29. The van der Waals surface area contributed by atoms with Crippen LogP contribution in [0.4, 0.5) is 5.69 Å². The van der Waals surface area contributed by atoms with Crippen LogP contribution in [0.25, 0.3) is 10.1 Å². The Hall–Kier alpha value is -2.71. The number of carbonyl (C=O) groups is 3. The minimum atomic E-state index is -0.467. The van der Waals surface area contributed by atoms with Crippen molar-refractivity contribution in [1.29, 1.82) is 0 Å². The maximum Gasteiger partial charge on any atom is 0.277 e. The molecule has 0 unspecified atom stereocenters. The second-order valence-corrected chi connectivity index (χ2v) is 6.23. The van der Waals surface area contributed by atoms with E-state index in [1.54, 1.807) is 19.2 Å². The number of hydrogen-bond donors (Lipinski definition) is 3. The van der Waals surface area contributed by atoms with E-state index in [1.807, 2.05) is 12.1 Å². The molecule has 0 bridgehead atoms. The smallest absolute Gasteiger partial charge is 0.277 e. The lowest BCUT2D eigenvalue weighted by molar-refractivity contribution is -0.137. The van der Waals surface area contributed by atoms with Crippen LogP contribution in [0.2, 0.25) is 0 Å². The highest BCUT2D eigenvalue weighted by molar-refractivity contribution is 7.20. The van der Waals surface area contributed by atoms with Gasteiger partial charge in [0.05, 0.1) is 18.0 Å². The molecule has 24 heavy (non-hydrogen) atoms. The molecule has 1 aliphatic heterocycles. The molecular formula is C16H15N3O4S. The van der Waals surface area contributed by atoms with Gasteiger partial charge < -0.3 is 15.7 Å². The van der Waals surface area contributed by atoms with Gasteiger partial charge in [-0.3, -0.25) is 19.3 Å². The van der Waals surface area contributed by atoms with Crippen LogP contribution in [0.5, 0.6) is 0 Å². The summed E-state index contributed by atoms with van der Waals surface area (Å²) in [4.78, 5) is 37.1. The van der Waals surface area contributed by atoms with Gasteiger partial charge in [0, 0.05) is 23.5 Å². The topological polar surface area (TPSA) is 98.7 Å². The summed E-state index contributed by atoms with van der Waals surface area (Å²) in [6.45, 7) is -0.305. The van der Waals surface area contributed by atoms with Gasteiger partial charge in [-0.1, -0.05) is 0 Å². The lowest BCUT2D eigenvalue weighted by atomic mass is 10.2. The number of carbonyl (C=O) groups excluding carboxylic acids is 3. The number of nitrogens with one attached hydrogen (secondary N) is 2. The first kappa shape index (κ1) is 16.2. The summed E-state index contributed by atoms with van der Waals surface area (Å²) in [6, 6.07) is 7.21. The van der Waals surface area contributed by atoms with Gasteiger partial charge >= 0.3 is 0 Å². The minimum Gasteiger partial charge on any atom is -0.395 e. The molecule has 0 fully saturated rings. The fourth-order valence-corrected chi connectivity index (χ4v) is 3.41. The monoisotopic (exact) mass is 345 g/mol. The normalized spacial score (nSPS) is 14.2. The van der Waals surface area contributed by atoms with Gasteiger partial charge in [-0.05, 0) is 29.7 Å². The number of hydrogen-bond acceptors (Lipinski definition) is 6. The van der Waals surface area contributed by atoms with Crippen molar-refractivity contribution in [3.8, 4) is 0 Å². The molecular weight excluding hydrogens is 330 g/mol. The number of amides is 3. The first-order valence-electron chi connectivity index (χ1n) is 7.24. The van der Waals surface area contributed by atoms with Crippen molar-refractivity contribution >= 4 is 44.8 Å². The van der Waals surface area contributed by atoms with E-state index in [2.05, 4.69) is 10.6 Å². The third kappa shape index (κ3) is 2.89. The zero-order valence-corrected chi connectivity index (χ0v) is 13.6. The molecule has 0 saturated carbocycles. The molecule has 3 rings (SSSR count). The van der Waals surface area contributed by atoms with Crippen LogP contribution >= 0.6 is 11.3 Å². The SMILES string of the molecule is CNC(=O)c1cc2cc(NC3=CC(=O)N(CCO)C3=O)ccc2s1. The number of β-amino-alcohol motifs (C(OH)–C–C–N with tert-alkyl or cyclic N) is 1. The third-order valence-electron chi connectivity index (χ3n) is 3.58. The fraction of sp³-hybridized carbons (Fsp3) is 0.188. The second-order valence-electron chi connectivity index (χ2n) is 5.14. The van der Waals surface area contributed by atoms with Crippen LogP contribution in [0.1, 0.15) is 9.67 Å². The highest BCUT2D eigenvalue weighted by atomic mass is 32.1. The Morgan fingerprint density at radius 2 is 2.08 bits per heavy atom. The molecule has 0 atom stereocenters. The van der Waals surface area contributed by atoms with Crippen LogP contribution in [0.3, 0.4) is 0 Å². The summed E-state index contributed by atoms with van der Waals surface area (Å²) in [6.07, 6.45) is 1.21. The molecule has 1 aliphatic rings. The second kappa shape index (κ2) is 6.42. The average Bonchev–Trinajstić information content (AvgIpc) is 3.10. The summed E-state index contributed by atoms with van der Waals surface area (Å²) in [5.74, 6) is -1.06. The zero-order chi connectivity index (χ0) is 17.3. The number of benzene rings is 1. The van der Waals surface area contributed by atoms with E-state index >= 15 is 0 Å². The molecule has 3 N–H and O–H groups in total. The summed E-state index contributed by atoms with van der Waals surface area (Å²) < 4.78 is 0.948. The number of rotatable bonds is 5. The fourth-order valence-electron chi connectivity index (χ4n) is 2.42. The van der Waals surface area contributed by atoms with E-state index < -0.39 is 11.8 Å². The zero-order valence-electron chi connectivity index (χ0n) is 12.8. The number of aliphatic hydroxyl groups is 1. The number of nitrogens with zero attached hydrogens (tertiary/aromatic N) is 1. The van der Waals surface area contributed by atoms with Crippen molar-refractivity contribution in [1.82, 2.24) is 10.2 Å². The molecule has 0 saturated heterocycles. The predicted octanol–water partition coefficient (Wildman–Crippen LogP) is 0.918. The lowest BCUT2D eigenvalue weighted by Gasteiger charge is -2.13. The van der Waals surface area contributed by atoms with Crippen LogP contribution in [0, 0.1) is 0 Å². The maximum atomic E-state index is 12.1. The van der Waals surface area contributed by atoms with E-state index in [-0.39, 0.29) is 24.8 Å². The van der Waals surface area contributed by atoms with Gasteiger partial charge in [0.1, 0.15) is 5.70 Å². The van der Waals surface area contributed by atoms with Gasteiger partial charge in [-0.2, -0.15) is 0 Å².